The average Bonchev–Trinajstić information content (AvgIpc) is 2.57. The van der Waals surface area contributed by atoms with Gasteiger partial charge in [0.15, 0.2) is 0 Å². The van der Waals surface area contributed by atoms with Gasteiger partial charge < -0.3 is 11.1 Å². The lowest BCUT2D eigenvalue weighted by molar-refractivity contribution is 0.252. The van der Waals surface area contributed by atoms with Crippen molar-refractivity contribution in [3.8, 4) is 0 Å². The highest BCUT2D eigenvalue weighted by Gasteiger charge is 2.09. The van der Waals surface area contributed by atoms with E-state index in [1.807, 2.05) is 6.92 Å². The highest BCUT2D eigenvalue weighted by atomic mass is 16.2. The van der Waals surface area contributed by atoms with Crippen LogP contribution in [-0.4, -0.2) is 22.4 Å². The highest BCUT2D eigenvalue weighted by Crippen LogP contribution is 2.12. The molecule has 1 rings (SSSR count). The Morgan fingerprint density at radius 2 is 2.40 bits per heavy atom. The second kappa shape index (κ2) is 5.35. The molecule has 2 amide bonds. The standard InChI is InChI=1S/C9H17N5O/c1-3-4-11-9(15)13-8-7(5-10)6-12-14(8)2/h6H,3-5,10H2,1-2H3,(H2,11,13,15). The van der Waals surface area contributed by atoms with Crippen molar-refractivity contribution in [2.24, 2.45) is 12.8 Å². The lowest BCUT2D eigenvalue weighted by Crippen LogP contribution is -2.30. The van der Waals surface area contributed by atoms with Crippen LogP contribution in [0.3, 0.4) is 0 Å². The van der Waals surface area contributed by atoms with Crippen molar-refractivity contribution in [2.45, 2.75) is 19.9 Å². The maximum Gasteiger partial charge on any atom is 0.320 e. The monoisotopic (exact) mass is 211 g/mol. The van der Waals surface area contributed by atoms with Crippen molar-refractivity contribution in [3.05, 3.63) is 11.8 Å². The van der Waals surface area contributed by atoms with E-state index in [-0.39, 0.29) is 6.03 Å². The van der Waals surface area contributed by atoms with Gasteiger partial charge in [0.05, 0.1) is 6.20 Å². The summed E-state index contributed by atoms with van der Waals surface area (Å²) >= 11 is 0. The predicted octanol–water partition coefficient (Wildman–Crippen LogP) is 0.410. The molecule has 0 radical (unpaired) electrons. The van der Waals surface area contributed by atoms with Crippen molar-refractivity contribution in [1.82, 2.24) is 15.1 Å². The van der Waals surface area contributed by atoms with E-state index in [4.69, 9.17) is 5.73 Å². The van der Waals surface area contributed by atoms with Crippen LogP contribution in [0.4, 0.5) is 10.6 Å². The fourth-order valence-corrected chi connectivity index (χ4v) is 1.18. The topological polar surface area (TPSA) is 85.0 Å². The number of aryl methyl sites for hydroxylation is 1. The van der Waals surface area contributed by atoms with Crippen LogP contribution in [0.2, 0.25) is 0 Å². The molecule has 1 aromatic heterocycles. The minimum atomic E-state index is -0.227. The van der Waals surface area contributed by atoms with E-state index in [1.165, 1.54) is 0 Å². The minimum absolute atomic E-state index is 0.227. The van der Waals surface area contributed by atoms with E-state index in [0.29, 0.717) is 18.9 Å². The van der Waals surface area contributed by atoms with Gasteiger partial charge in [-0.3, -0.25) is 10.00 Å². The highest BCUT2D eigenvalue weighted by molar-refractivity contribution is 5.89. The van der Waals surface area contributed by atoms with Crippen LogP contribution in [-0.2, 0) is 13.6 Å². The van der Waals surface area contributed by atoms with E-state index < -0.39 is 0 Å². The normalized spacial score (nSPS) is 10.1. The number of carbonyl (C=O) groups excluding carboxylic acids is 1. The summed E-state index contributed by atoms with van der Waals surface area (Å²) in [6, 6.07) is -0.227. The van der Waals surface area contributed by atoms with Crippen LogP contribution in [0.15, 0.2) is 6.20 Å². The number of carbonyl (C=O) groups is 1. The number of anilines is 1. The van der Waals surface area contributed by atoms with Crippen molar-refractivity contribution >= 4 is 11.8 Å². The maximum absolute atomic E-state index is 11.4. The molecule has 0 spiro atoms. The third kappa shape index (κ3) is 2.95. The van der Waals surface area contributed by atoms with Crippen LogP contribution >= 0.6 is 0 Å². The molecule has 1 aromatic rings. The summed E-state index contributed by atoms with van der Waals surface area (Å²) in [6.45, 7) is 3.01. The molecule has 0 bridgehead atoms. The molecule has 15 heavy (non-hydrogen) atoms. The molecule has 6 nitrogen and oxygen atoms in total. The summed E-state index contributed by atoms with van der Waals surface area (Å²) in [6.07, 6.45) is 2.55. The molecule has 0 saturated heterocycles. The maximum atomic E-state index is 11.4. The van der Waals surface area contributed by atoms with Gasteiger partial charge in [-0.2, -0.15) is 5.10 Å². The Hall–Kier alpha value is -1.56. The summed E-state index contributed by atoms with van der Waals surface area (Å²) in [5.41, 5.74) is 6.34. The molecule has 0 atom stereocenters. The largest absolute Gasteiger partial charge is 0.338 e. The van der Waals surface area contributed by atoms with E-state index in [9.17, 15) is 4.79 Å². The molecule has 0 unspecified atom stereocenters. The van der Waals surface area contributed by atoms with Gasteiger partial charge >= 0.3 is 6.03 Å². The zero-order valence-corrected chi connectivity index (χ0v) is 9.08. The number of aromatic nitrogens is 2. The number of hydrogen-bond acceptors (Lipinski definition) is 3. The van der Waals surface area contributed by atoms with Crippen molar-refractivity contribution in [3.63, 3.8) is 0 Å². The lowest BCUT2D eigenvalue weighted by Gasteiger charge is -2.08. The number of rotatable bonds is 4. The Balaban J connectivity index is 2.62. The summed E-state index contributed by atoms with van der Waals surface area (Å²) in [4.78, 5) is 11.4. The quantitative estimate of drug-likeness (QED) is 0.674. The molecule has 0 aromatic carbocycles. The Morgan fingerprint density at radius 1 is 1.67 bits per heavy atom. The Bertz CT molecular complexity index is 333. The molecule has 0 aliphatic carbocycles. The molecule has 0 fully saturated rings. The van der Waals surface area contributed by atoms with E-state index >= 15 is 0 Å². The third-order valence-electron chi connectivity index (χ3n) is 2.00. The molecule has 0 saturated carbocycles. The summed E-state index contributed by atoms with van der Waals surface area (Å²) < 4.78 is 1.59. The first-order chi connectivity index (χ1) is 7.19. The van der Waals surface area contributed by atoms with Gasteiger partial charge in [0.2, 0.25) is 0 Å². The number of amides is 2. The molecule has 84 valence electrons. The fourth-order valence-electron chi connectivity index (χ4n) is 1.18. The molecule has 0 aliphatic heterocycles. The molecular formula is C9H17N5O. The smallest absolute Gasteiger partial charge is 0.320 e. The Kier molecular flexibility index (Phi) is 4.11. The van der Waals surface area contributed by atoms with Crippen molar-refractivity contribution in [1.29, 1.82) is 0 Å². The SMILES string of the molecule is CCCNC(=O)Nc1c(CN)cnn1C. The summed E-state index contributed by atoms with van der Waals surface area (Å²) in [5.74, 6) is 0.645. The Labute approximate surface area is 88.8 Å². The molecule has 6 heteroatoms. The first kappa shape index (κ1) is 11.5. The first-order valence-corrected chi connectivity index (χ1v) is 4.94. The van der Waals surface area contributed by atoms with Gasteiger partial charge in [-0.1, -0.05) is 6.92 Å². The molecule has 0 aliphatic rings. The molecular weight excluding hydrogens is 194 g/mol. The van der Waals surface area contributed by atoms with Crippen LogP contribution in [0.5, 0.6) is 0 Å². The number of nitrogens with two attached hydrogens (primary N) is 1. The summed E-state index contributed by atoms with van der Waals surface area (Å²) in [5, 5.41) is 9.45. The zero-order chi connectivity index (χ0) is 11.3. The average molecular weight is 211 g/mol. The third-order valence-corrected chi connectivity index (χ3v) is 2.00. The van der Waals surface area contributed by atoms with Crippen molar-refractivity contribution in [2.75, 3.05) is 11.9 Å². The predicted molar refractivity (Wildman–Crippen MR) is 58.4 cm³/mol. The number of urea groups is 1. The van der Waals surface area contributed by atoms with Gasteiger partial charge in [-0.25, -0.2) is 4.79 Å². The van der Waals surface area contributed by atoms with Gasteiger partial charge in [-0.15, -0.1) is 0 Å². The zero-order valence-electron chi connectivity index (χ0n) is 9.08. The number of hydrogen-bond donors (Lipinski definition) is 3. The van der Waals surface area contributed by atoms with Gasteiger partial charge in [0.1, 0.15) is 5.82 Å². The van der Waals surface area contributed by atoms with E-state index in [0.717, 1.165) is 12.0 Å². The van der Waals surface area contributed by atoms with Crippen LogP contribution in [0, 0.1) is 0 Å². The van der Waals surface area contributed by atoms with Gasteiger partial charge in [0.25, 0.3) is 0 Å². The second-order valence-electron chi connectivity index (χ2n) is 3.23. The lowest BCUT2D eigenvalue weighted by atomic mass is 10.3. The number of nitrogens with one attached hydrogen (secondary N) is 2. The van der Waals surface area contributed by atoms with Gasteiger partial charge in [-0.05, 0) is 6.42 Å². The fraction of sp³-hybridized carbons (Fsp3) is 0.556. The van der Waals surface area contributed by atoms with Crippen LogP contribution in [0.1, 0.15) is 18.9 Å². The molecule has 1 heterocycles. The first-order valence-electron chi connectivity index (χ1n) is 4.94. The summed E-state index contributed by atoms with van der Waals surface area (Å²) in [7, 11) is 1.76. The van der Waals surface area contributed by atoms with Crippen molar-refractivity contribution < 1.29 is 4.79 Å². The minimum Gasteiger partial charge on any atom is -0.338 e. The van der Waals surface area contributed by atoms with E-state index in [2.05, 4.69) is 15.7 Å². The molecule has 4 N–H and O–H groups in total. The number of nitrogens with zero attached hydrogens (tertiary/aromatic N) is 2. The van der Waals surface area contributed by atoms with Crippen LogP contribution in [0.25, 0.3) is 0 Å². The van der Waals surface area contributed by atoms with Gasteiger partial charge in [0, 0.05) is 25.7 Å². The van der Waals surface area contributed by atoms with Crippen LogP contribution < -0.4 is 16.4 Å². The van der Waals surface area contributed by atoms with E-state index in [1.54, 1.807) is 17.9 Å². The Morgan fingerprint density at radius 3 is 3.00 bits per heavy atom. The second-order valence-corrected chi connectivity index (χ2v) is 3.23.